The van der Waals surface area contributed by atoms with Gasteiger partial charge in [-0.05, 0) is 57.9 Å². The van der Waals surface area contributed by atoms with Crippen LogP contribution in [-0.2, 0) is 9.53 Å². The lowest BCUT2D eigenvalue weighted by molar-refractivity contribution is -0.122. The highest BCUT2D eigenvalue weighted by Crippen LogP contribution is 2.21. The van der Waals surface area contributed by atoms with Crippen molar-refractivity contribution in [2.45, 2.75) is 63.5 Å². The second kappa shape index (κ2) is 7.85. The summed E-state index contributed by atoms with van der Waals surface area (Å²) in [6, 6.07) is 1.06. The quantitative estimate of drug-likeness (QED) is 0.800. The SMILES string of the molecule is CNC1CCC(NC(=O)CCC2CCOCC2)CC1. The van der Waals surface area contributed by atoms with Gasteiger partial charge in [0.05, 0.1) is 0 Å². The molecule has 0 unspecified atom stereocenters. The monoisotopic (exact) mass is 268 g/mol. The molecule has 1 aliphatic carbocycles. The zero-order valence-electron chi connectivity index (χ0n) is 12.1. The number of rotatable bonds is 5. The molecule has 1 aliphatic heterocycles. The molecule has 0 spiro atoms. The number of carbonyl (C=O) groups excluding carboxylic acids is 1. The molecule has 19 heavy (non-hydrogen) atoms. The number of nitrogens with one attached hydrogen (secondary N) is 2. The van der Waals surface area contributed by atoms with Crippen LogP contribution in [0.3, 0.4) is 0 Å². The molecule has 110 valence electrons. The average molecular weight is 268 g/mol. The molecule has 0 aromatic heterocycles. The van der Waals surface area contributed by atoms with Crippen LogP contribution < -0.4 is 10.6 Å². The van der Waals surface area contributed by atoms with Crippen LogP contribution in [0.15, 0.2) is 0 Å². The maximum Gasteiger partial charge on any atom is 0.220 e. The molecule has 0 radical (unpaired) electrons. The summed E-state index contributed by atoms with van der Waals surface area (Å²) in [5, 5.41) is 6.53. The predicted molar refractivity (Wildman–Crippen MR) is 76.0 cm³/mol. The summed E-state index contributed by atoms with van der Waals surface area (Å²) in [6.45, 7) is 1.75. The van der Waals surface area contributed by atoms with Gasteiger partial charge in [-0.25, -0.2) is 0 Å². The van der Waals surface area contributed by atoms with Crippen molar-refractivity contribution in [1.29, 1.82) is 0 Å². The Kier molecular flexibility index (Phi) is 6.11. The molecule has 2 N–H and O–H groups in total. The molecular weight excluding hydrogens is 240 g/mol. The molecular formula is C15H28N2O2. The Morgan fingerprint density at radius 1 is 1.05 bits per heavy atom. The molecule has 4 nitrogen and oxygen atoms in total. The van der Waals surface area contributed by atoms with Crippen molar-refractivity contribution < 1.29 is 9.53 Å². The highest BCUT2D eigenvalue weighted by atomic mass is 16.5. The van der Waals surface area contributed by atoms with Crippen molar-refractivity contribution in [2.24, 2.45) is 5.92 Å². The van der Waals surface area contributed by atoms with Gasteiger partial charge in [0.25, 0.3) is 0 Å². The van der Waals surface area contributed by atoms with E-state index in [9.17, 15) is 4.79 Å². The van der Waals surface area contributed by atoms with Crippen LogP contribution in [0, 0.1) is 5.92 Å². The molecule has 2 rings (SSSR count). The van der Waals surface area contributed by atoms with Crippen LogP contribution >= 0.6 is 0 Å². The lowest BCUT2D eigenvalue weighted by Crippen LogP contribution is -2.41. The van der Waals surface area contributed by atoms with Gasteiger partial charge >= 0.3 is 0 Å². The number of amides is 1. The molecule has 2 aliphatic rings. The van der Waals surface area contributed by atoms with E-state index in [1.807, 2.05) is 7.05 Å². The fourth-order valence-electron chi connectivity index (χ4n) is 3.20. The van der Waals surface area contributed by atoms with Crippen LogP contribution in [0.1, 0.15) is 51.4 Å². The first-order valence-electron chi connectivity index (χ1n) is 7.82. The van der Waals surface area contributed by atoms with Crippen LogP contribution in [0.4, 0.5) is 0 Å². The lowest BCUT2D eigenvalue weighted by atomic mass is 9.91. The van der Waals surface area contributed by atoms with Crippen molar-refractivity contribution in [1.82, 2.24) is 10.6 Å². The molecule has 1 amide bonds. The van der Waals surface area contributed by atoms with Crippen molar-refractivity contribution >= 4 is 5.91 Å². The Hall–Kier alpha value is -0.610. The fraction of sp³-hybridized carbons (Fsp3) is 0.933. The molecule has 1 saturated carbocycles. The summed E-state index contributed by atoms with van der Waals surface area (Å²) in [4.78, 5) is 11.9. The third kappa shape index (κ3) is 5.11. The third-order valence-corrected chi connectivity index (χ3v) is 4.62. The van der Waals surface area contributed by atoms with Gasteiger partial charge in [-0.15, -0.1) is 0 Å². The summed E-state index contributed by atoms with van der Waals surface area (Å²) in [5.41, 5.74) is 0. The molecule has 2 fully saturated rings. The number of ether oxygens (including phenoxy) is 1. The Morgan fingerprint density at radius 3 is 2.32 bits per heavy atom. The van der Waals surface area contributed by atoms with E-state index in [1.54, 1.807) is 0 Å². The average Bonchev–Trinajstić information content (AvgIpc) is 2.47. The Morgan fingerprint density at radius 2 is 1.68 bits per heavy atom. The van der Waals surface area contributed by atoms with Gasteiger partial charge in [-0.2, -0.15) is 0 Å². The third-order valence-electron chi connectivity index (χ3n) is 4.62. The van der Waals surface area contributed by atoms with E-state index in [1.165, 1.54) is 12.8 Å². The van der Waals surface area contributed by atoms with Crippen molar-refractivity contribution in [2.75, 3.05) is 20.3 Å². The second-order valence-corrected chi connectivity index (χ2v) is 6.00. The van der Waals surface area contributed by atoms with Crippen LogP contribution in [0.2, 0.25) is 0 Å². The maximum atomic E-state index is 11.9. The molecule has 1 saturated heterocycles. The number of carbonyl (C=O) groups is 1. The molecule has 0 aromatic rings. The molecule has 1 heterocycles. The first-order chi connectivity index (χ1) is 9.28. The number of hydrogen-bond acceptors (Lipinski definition) is 3. The molecule has 0 atom stereocenters. The smallest absolute Gasteiger partial charge is 0.220 e. The van der Waals surface area contributed by atoms with Crippen LogP contribution in [0.5, 0.6) is 0 Å². The number of hydrogen-bond donors (Lipinski definition) is 2. The van der Waals surface area contributed by atoms with E-state index in [0.29, 0.717) is 24.4 Å². The summed E-state index contributed by atoms with van der Waals surface area (Å²) >= 11 is 0. The van der Waals surface area contributed by atoms with Crippen molar-refractivity contribution in [3.63, 3.8) is 0 Å². The minimum atomic E-state index is 0.249. The summed E-state index contributed by atoms with van der Waals surface area (Å²) in [7, 11) is 2.03. The van der Waals surface area contributed by atoms with E-state index in [4.69, 9.17) is 4.74 Å². The van der Waals surface area contributed by atoms with Gasteiger partial charge in [-0.3, -0.25) is 4.79 Å². The topological polar surface area (TPSA) is 50.4 Å². The predicted octanol–water partition coefficient (Wildman–Crippen LogP) is 1.84. The zero-order valence-corrected chi connectivity index (χ0v) is 12.1. The molecule has 4 heteroatoms. The second-order valence-electron chi connectivity index (χ2n) is 6.00. The van der Waals surface area contributed by atoms with Gasteiger partial charge in [-0.1, -0.05) is 0 Å². The first-order valence-corrected chi connectivity index (χ1v) is 7.82. The first kappa shape index (κ1) is 14.8. The van der Waals surface area contributed by atoms with Crippen molar-refractivity contribution in [3.8, 4) is 0 Å². The van der Waals surface area contributed by atoms with E-state index in [2.05, 4.69) is 10.6 Å². The largest absolute Gasteiger partial charge is 0.381 e. The van der Waals surface area contributed by atoms with Gasteiger partial charge in [0.1, 0.15) is 0 Å². The maximum absolute atomic E-state index is 11.9. The van der Waals surface area contributed by atoms with Crippen molar-refractivity contribution in [3.05, 3.63) is 0 Å². The fourth-order valence-corrected chi connectivity index (χ4v) is 3.20. The van der Waals surface area contributed by atoms with Crippen LogP contribution in [0.25, 0.3) is 0 Å². The van der Waals surface area contributed by atoms with E-state index in [0.717, 1.165) is 45.3 Å². The van der Waals surface area contributed by atoms with E-state index < -0.39 is 0 Å². The van der Waals surface area contributed by atoms with E-state index in [-0.39, 0.29) is 5.91 Å². The highest BCUT2D eigenvalue weighted by molar-refractivity contribution is 5.76. The summed E-state index contributed by atoms with van der Waals surface area (Å²) in [5.74, 6) is 0.943. The standard InChI is InChI=1S/C15H28N2O2/c1-16-13-3-5-14(6-4-13)17-15(18)7-2-12-8-10-19-11-9-12/h12-14,16H,2-11H2,1H3,(H,17,18). The van der Waals surface area contributed by atoms with E-state index >= 15 is 0 Å². The molecule has 0 aromatic carbocycles. The molecule has 0 bridgehead atoms. The summed E-state index contributed by atoms with van der Waals surface area (Å²) < 4.78 is 5.34. The minimum Gasteiger partial charge on any atom is -0.381 e. The Labute approximate surface area is 116 Å². The normalized spacial score (nSPS) is 29.1. The van der Waals surface area contributed by atoms with Crippen LogP contribution in [-0.4, -0.2) is 38.3 Å². The van der Waals surface area contributed by atoms with Gasteiger partial charge < -0.3 is 15.4 Å². The highest BCUT2D eigenvalue weighted by Gasteiger charge is 2.22. The van der Waals surface area contributed by atoms with Gasteiger partial charge in [0, 0.05) is 31.7 Å². The van der Waals surface area contributed by atoms with Gasteiger partial charge in [0.2, 0.25) is 5.91 Å². The Balaban J connectivity index is 1.59. The summed E-state index contributed by atoms with van der Waals surface area (Å²) in [6.07, 6.45) is 8.57. The van der Waals surface area contributed by atoms with Gasteiger partial charge in [0.15, 0.2) is 0 Å². The minimum absolute atomic E-state index is 0.249. The lowest BCUT2D eigenvalue weighted by Gasteiger charge is -2.29. The zero-order chi connectivity index (χ0) is 13.5. The Bertz CT molecular complexity index is 269.